The number of halogens is 3. The summed E-state index contributed by atoms with van der Waals surface area (Å²) >= 11 is 0. The molecule has 7 heteroatoms. The summed E-state index contributed by atoms with van der Waals surface area (Å²) in [5, 5.41) is 4.07. The monoisotopic (exact) mass is 285 g/mol. The Balaban J connectivity index is 2.32. The lowest BCUT2D eigenvalue weighted by Crippen LogP contribution is -2.06. The Hall–Kier alpha value is -2.02. The lowest BCUT2D eigenvalue weighted by molar-refractivity contribution is -0.137. The Kier molecular flexibility index (Phi) is 3.99. The molecule has 20 heavy (non-hydrogen) atoms. The van der Waals surface area contributed by atoms with Crippen LogP contribution in [0.3, 0.4) is 0 Å². The van der Waals surface area contributed by atoms with Crippen LogP contribution in [-0.2, 0) is 17.5 Å². The minimum Gasteiger partial charge on any atom is -0.399 e. The standard InChI is InChI=1S/C13H14F3N3O/c1-20-3-2-19-8-10(7-18-19)9-4-11(13(14,15)16)6-12(17)5-9/h4-8H,2-3,17H2,1H3. The lowest BCUT2D eigenvalue weighted by atomic mass is 10.0. The van der Waals surface area contributed by atoms with Gasteiger partial charge in [0, 0.05) is 24.6 Å². The maximum absolute atomic E-state index is 12.7. The highest BCUT2D eigenvalue weighted by atomic mass is 19.4. The molecule has 2 aromatic rings. The van der Waals surface area contributed by atoms with Crippen LogP contribution in [0.15, 0.2) is 30.6 Å². The summed E-state index contributed by atoms with van der Waals surface area (Å²) in [5.74, 6) is 0. The molecule has 0 spiro atoms. The second-order valence-electron chi connectivity index (χ2n) is 4.33. The highest BCUT2D eigenvalue weighted by Crippen LogP contribution is 2.34. The van der Waals surface area contributed by atoms with E-state index in [1.165, 1.54) is 12.3 Å². The Labute approximate surface area is 114 Å². The summed E-state index contributed by atoms with van der Waals surface area (Å²) in [4.78, 5) is 0. The van der Waals surface area contributed by atoms with Crippen molar-refractivity contribution in [1.29, 1.82) is 0 Å². The largest absolute Gasteiger partial charge is 0.416 e. The van der Waals surface area contributed by atoms with Crippen molar-refractivity contribution in [2.75, 3.05) is 19.5 Å². The third-order valence-electron chi connectivity index (χ3n) is 2.77. The van der Waals surface area contributed by atoms with Crippen molar-refractivity contribution in [2.24, 2.45) is 0 Å². The van der Waals surface area contributed by atoms with Crippen LogP contribution in [0.4, 0.5) is 18.9 Å². The maximum atomic E-state index is 12.7. The number of ether oxygens (including phenoxy) is 1. The van der Waals surface area contributed by atoms with Crippen molar-refractivity contribution in [3.8, 4) is 11.1 Å². The van der Waals surface area contributed by atoms with Crippen LogP contribution in [0.2, 0.25) is 0 Å². The van der Waals surface area contributed by atoms with E-state index in [1.54, 1.807) is 18.0 Å². The zero-order valence-corrected chi connectivity index (χ0v) is 10.8. The van der Waals surface area contributed by atoms with Gasteiger partial charge in [0.15, 0.2) is 0 Å². The van der Waals surface area contributed by atoms with E-state index in [1.807, 2.05) is 0 Å². The zero-order chi connectivity index (χ0) is 14.8. The smallest absolute Gasteiger partial charge is 0.399 e. The minimum atomic E-state index is -4.42. The van der Waals surface area contributed by atoms with Crippen LogP contribution in [0.5, 0.6) is 0 Å². The van der Waals surface area contributed by atoms with Crippen molar-refractivity contribution in [3.63, 3.8) is 0 Å². The molecular formula is C13H14F3N3O. The number of anilines is 1. The molecule has 0 unspecified atom stereocenters. The first-order valence-corrected chi connectivity index (χ1v) is 5.89. The van der Waals surface area contributed by atoms with Gasteiger partial charge in [0.2, 0.25) is 0 Å². The number of methoxy groups -OCH3 is 1. The highest BCUT2D eigenvalue weighted by Gasteiger charge is 2.31. The fourth-order valence-corrected chi connectivity index (χ4v) is 1.80. The molecule has 0 radical (unpaired) electrons. The number of hydrogen-bond donors (Lipinski definition) is 1. The highest BCUT2D eigenvalue weighted by molar-refractivity contribution is 5.67. The number of hydrogen-bond acceptors (Lipinski definition) is 3. The first kappa shape index (κ1) is 14.4. The molecule has 0 aliphatic rings. The maximum Gasteiger partial charge on any atom is 0.416 e. The number of rotatable bonds is 4. The SMILES string of the molecule is COCCn1cc(-c2cc(N)cc(C(F)(F)F)c2)cn1. The lowest BCUT2D eigenvalue weighted by Gasteiger charge is -2.09. The van der Waals surface area contributed by atoms with Crippen LogP contribution in [-0.4, -0.2) is 23.5 Å². The van der Waals surface area contributed by atoms with E-state index in [2.05, 4.69) is 5.10 Å². The van der Waals surface area contributed by atoms with Gasteiger partial charge < -0.3 is 10.5 Å². The molecule has 1 aromatic heterocycles. The quantitative estimate of drug-likeness (QED) is 0.879. The predicted octanol–water partition coefficient (Wildman–Crippen LogP) is 2.80. The van der Waals surface area contributed by atoms with Crippen molar-refractivity contribution in [2.45, 2.75) is 12.7 Å². The topological polar surface area (TPSA) is 53.1 Å². The van der Waals surface area contributed by atoms with E-state index in [0.717, 1.165) is 12.1 Å². The van der Waals surface area contributed by atoms with Gasteiger partial charge in [-0.1, -0.05) is 0 Å². The van der Waals surface area contributed by atoms with Crippen LogP contribution < -0.4 is 5.73 Å². The van der Waals surface area contributed by atoms with Gasteiger partial charge in [-0.25, -0.2) is 0 Å². The summed E-state index contributed by atoms with van der Waals surface area (Å²) < 4.78 is 44.7. The molecule has 0 aliphatic heterocycles. The molecular weight excluding hydrogens is 271 g/mol. The molecule has 1 aromatic carbocycles. The molecule has 0 aliphatic carbocycles. The van der Waals surface area contributed by atoms with Crippen molar-refractivity contribution < 1.29 is 17.9 Å². The van der Waals surface area contributed by atoms with Gasteiger partial charge in [-0.2, -0.15) is 18.3 Å². The molecule has 0 amide bonds. The average molecular weight is 285 g/mol. The molecule has 2 rings (SSSR count). The molecule has 0 saturated carbocycles. The molecule has 1 heterocycles. The third-order valence-corrected chi connectivity index (χ3v) is 2.77. The van der Waals surface area contributed by atoms with Crippen LogP contribution >= 0.6 is 0 Å². The van der Waals surface area contributed by atoms with Crippen molar-refractivity contribution in [3.05, 3.63) is 36.2 Å². The van der Waals surface area contributed by atoms with Crippen LogP contribution in [0.1, 0.15) is 5.56 Å². The van der Waals surface area contributed by atoms with Crippen molar-refractivity contribution in [1.82, 2.24) is 9.78 Å². The van der Waals surface area contributed by atoms with Gasteiger partial charge >= 0.3 is 6.18 Å². The minimum absolute atomic E-state index is 0.0690. The van der Waals surface area contributed by atoms with E-state index in [4.69, 9.17) is 10.5 Å². The van der Waals surface area contributed by atoms with Gasteiger partial charge in [-0.3, -0.25) is 4.68 Å². The number of aromatic nitrogens is 2. The first-order valence-electron chi connectivity index (χ1n) is 5.89. The van der Waals surface area contributed by atoms with Gasteiger partial charge in [0.05, 0.1) is 24.9 Å². The second-order valence-corrected chi connectivity index (χ2v) is 4.33. The van der Waals surface area contributed by atoms with Crippen molar-refractivity contribution >= 4 is 5.69 Å². The van der Waals surface area contributed by atoms with Gasteiger partial charge in [0.1, 0.15) is 0 Å². The number of alkyl halides is 3. The average Bonchev–Trinajstić information content (AvgIpc) is 2.83. The van der Waals surface area contributed by atoms with E-state index in [0.29, 0.717) is 24.3 Å². The van der Waals surface area contributed by atoms with E-state index < -0.39 is 11.7 Å². The van der Waals surface area contributed by atoms with E-state index >= 15 is 0 Å². The zero-order valence-electron chi connectivity index (χ0n) is 10.8. The van der Waals surface area contributed by atoms with E-state index in [-0.39, 0.29) is 5.69 Å². The Morgan fingerprint density at radius 3 is 2.65 bits per heavy atom. The summed E-state index contributed by atoms with van der Waals surface area (Å²) in [7, 11) is 1.57. The Bertz CT molecular complexity index is 593. The molecule has 4 nitrogen and oxygen atoms in total. The van der Waals surface area contributed by atoms with Crippen LogP contribution in [0.25, 0.3) is 11.1 Å². The number of benzene rings is 1. The fourth-order valence-electron chi connectivity index (χ4n) is 1.80. The predicted molar refractivity (Wildman–Crippen MR) is 69.0 cm³/mol. The van der Waals surface area contributed by atoms with Gasteiger partial charge in [0.25, 0.3) is 0 Å². The Morgan fingerprint density at radius 1 is 1.25 bits per heavy atom. The normalized spacial score (nSPS) is 11.8. The second kappa shape index (κ2) is 5.54. The number of nitrogen functional groups attached to an aromatic ring is 1. The molecule has 2 N–H and O–H groups in total. The van der Waals surface area contributed by atoms with E-state index in [9.17, 15) is 13.2 Å². The first-order chi connectivity index (χ1) is 9.40. The fraction of sp³-hybridized carbons (Fsp3) is 0.308. The van der Waals surface area contributed by atoms with Gasteiger partial charge in [-0.05, 0) is 23.8 Å². The number of nitrogens with zero attached hydrogens (tertiary/aromatic N) is 2. The summed E-state index contributed by atoms with van der Waals surface area (Å²) in [6.45, 7) is 1.01. The summed E-state index contributed by atoms with van der Waals surface area (Å²) in [6.07, 6.45) is -1.26. The third kappa shape index (κ3) is 3.30. The summed E-state index contributed by atoms with van der Waals surface area (Å²) in [5.41, 5.74) is 5.81. The Morgan fingerprint density at radius 2 is 2.00 bits per heavy atom. The molecule has 0 saturated heterocycles. The van der Waals surface area contributed by atoms with Crippen LogP contribution in [0, 0.1) is 0 Å². The molecule has 108 valence electrons. The van der Waals surface area contributed by atoms with Gasteiger partial charge in [-0.15, -0.1) is 0 Å². The molecule has 0 atom stereocenters. The molecule has 0 fully saturated rings. The number of nitrogens with two attached hydrogens (primary N) is 1. The summed E-state index contributed by atoms with van der Waals surface area (Å²) in [6, 6.07) is 3.47. The molecule has 0 bridgehead atoms.